The first-order valence-electron chi connectivity index (χ1n) is 7.51. The molecular formula is C16H19BrN2O4. The number of carboxylic acid groups (broad SMARTS) is 1. The van der Waals surface area contributed by atoms with E-state index < -0.39 is 12.0 Å². The normalized spacial score (nSPS) is 14.8. The van der Waals surface area contributed by atoms with Crippen molar-refractivity contribution in [3.05, 3.63) is 34.3 Å². The van der Waals surface area contributed by atoms with Crippen LogP contribution in [0.3, 0.4) is 0 Å². The molecule has 1 saturated carbocycles. The molecule has 0 saturated heterocycles. The van der Waals surface area contributed by atoms with Gasteiger partial charge in [-0.3, -0.25) is 9.59 Å². The van der Waals surface area contributed by atoms with Crippen LogP contribution in [0, 0.1) is 5.92 Å². The number of benzene rings is 1. The Hall–Kier alpha value is -1.89. The van der Waals surface area contributed by atoms with E-state index in [4.69, 9.17) is 5.11 Å². The number of hydrogen-bond acceptors (Lipinski definition) is 3. The number of aliphatic carboxylic acids is 1. The van der Waals surface area contributed by atoms with Gasteiger partial charge in [-0.2, -0.15) is 0 Å². The molecule has 0 bridgehead atoms. The molecule has 2 rings (SSSR count). The molecule has 6 nitrogen and oxygen atoms in total. The number of rotatable bonds is 8. The number of halogens is 1. The first-order chi connectivity index (χ1) is 11.0. The summed E-state index contributed by atoms with van der Waals surface area (Å²) in [6.45, 7) is 0.163. The van der Waals surface area contributed by atoms with Crippen LogP contribution < -0.4 is 10.6 Å². The number of carbonyl (C=O) groups excluding carboxylic acids is 2. The fraction of sp³-hybridized carbons (Fsp3) is 0.438. The van der Waals surface area contributed by atoms with Crippen molar-refractivity contribution in [1.82, 2.24) is 10.6 Å². The lowest BCUT2D eigenvalue weighted by Gasteiger charge is -2.14. The number of amides is 2. The maximum atomic E-state index is 11.9. The summed E-state index contributed by atoms with van der Waals surface area (Å²) in [5.74, 6) is -1.23. The van der Waals surface area contributed by atoms with Gasteiger partial charge in [0.05, 0.1) is 0 Å². The topological polar surface area (TPSA) is 95.5 Å². The molecule has 0 aromatic heterocycles. The van der Waals surface area contributed by atoms with Crippen LogP contribution >= 0.6 is 15.9 Å². The third-order valence-electron chi connectivity index (χ3n) is 3.64. The summed E-state index contributed by atoms with van der Waals surface area (Å²) in [4.78, 5) is 34.8. The minimum absolute atomic E-state index is 0.0523. The van der Waals surface area contributed by atoms with Crippen molar-refractivity contribution in [2.45, 2.75) is 31.7 Å². The lowest BCUT2D eigenvalue weighted by molar-refractivity contribution is -0.142. The molecule has 1 aliphatic carbocycles. The van der Waals surface area contributed by atoms with E-state index in [0.29, 0.717) is 17.9 Å². The first kappa shape index (κ1) is 17.5. The highest BCUT2D eigenvalue weighted by Gasteiger charge is 2.30. The Morgan fingerprint density at radius 3 is 2.43 bits per heavy atom. The lowest BCUT2D eigenvalue weighted by Crippen LogP contribution is -2.42. The molecule has 7 heteroatoms. The van der Waals surface area contributed by atoms with E-state index in [2.05, 4.69) is 26.6 Å². The third-order valence-corrected chi connectivity index (χ3v) is 4.17. The van der Waals surface area contributed by atoms with Crippen LogP contribution in [-0.4, -0.2) is 35.5 Å². The SMILES string of the molecule is O=C(CCNC(=O)c1ccc(Br)cc1)NC(CC1CC1)C(=O)O. The van der Waals surface area contributed by atoms with E-state index in [1.54, 1.807) is 24.3 Å². The van der Waals surface area contributed by atoms with E-state index >= 15 is 0 Å². The zero-order valence-electron chi connectivity index (χ0n) is 12.5. The van der Waals surface area contributed by atoms with E-state index in [-0.39, 0.29) is 24.8 Å². The standard InChI is InChI=1S/C16H19BrN2O4/c17-12-5-3-11(4-6-12)15(21)18-8-7-14(20)19-13(16(22)23)9-10-1-2-10/h3-6,10,13H,1-2,7-9H2,(H,18,21)(H,19,20)(H,22,23). The highest BCUT2D eigenvalue weighted by Crippen LogP contribution is 2.33. The molecule has 1 aliphatic rings. The Labute approximate surface area is 142 Å². The molecule has 0 radical (unpaired) electrons. The average Bonchev–Trinajstić information content (AvgIpc) is 3.31. The lowest BCUT2D eigenvalue weighted by atomic mass is 10.1. The number of nitrogens with one attached hydrogen (secondary N) is 2. The first-order valence-corrected chi connectivity index (χ1v) is 8.31. The molecule has 23 heavy (non-hydrogen) atoms. The van der Waals surface area contributed by atoms with Gasteiger partial charge in [-0.05, 0) is 36.6 Å². The fourth-order valence-electron chi connectivity index (χ4n) is 2.17. The molecule has 1 fully saturated rings. The predicted octanol–water partition coefficient (Wildman–Crippen LogP) is 1.94. The zero-order chi connectivity index (χ0) is 16.8. The summed E-state index contributed by atoms with van der Waals surface area (Å²) in [5.41, 5.74) is 0.505. The molecule has 0 aliphatic heterocycles. The van der Waals surface area contributed by atoms with Gasteiger partial charge in [0, 0.05) is 23.0 Å². The summed E-state index contributed by atoms with van der Waals surface area (Å²) in [5, 5.41) is 14.3. The Morgan fingerprint density at radius 2 is 1.87 bits per heavy atom. The van der Waals surface area contributed by atoms with Gasteiger partial charge >= 0.3 is 5.97 Å². The summed E-state index contributed by atoms with van der Waals surface area (Å²) in [6, 6.07) is 6.04. The number of carboxylic acids is 1. The van der Waals surface area contributed by atoms with Crippen molar-refractivity contribution >= 4 is 33.7 Å². The molecule has 3 N–H and O–H groups in total. The molecule has 1 aromatic carbocycles. The molecule has 1 aromatic rings. The van der Waals surface area contributed by atoms with Crippen LogP contribution in [0.2, 0.25) is 0 Å². The Bertz CT molecular complexity index is 584. The van der Waals surface area contributed by atoms with Gasteiger partial charge < -0.3 is 15.7 Å². The third kappa shape index (κ3) is 6.02. The van der Waals surface area contributed by atoms with Crippen LogP contribution in [0.1, 0.15) is 36.0 Å². The highest BCUT2D eigenvalue weighted by molar-refractivity contribution is 9.10. The average molecular weight is 383 g/mol. The van der Waals surface area contributed by atoms with Gasteiger partial charge in [0.2, 0.25) is 5.91 Å². The zero-order valence-corrected chi connectivity index (χ0v) is 14.1. The Morgan fingerprint density at radius 1 is 1.22 bits per heavy atom. The van der Waals surface area contributed by atoms with Crippen molar-refractivity contribution in [3.8, 4) is 0 Å². The van der Waals surface area contributed by atoms with Crippen molar-refractivity contribution in [2.24, 2.45) is 5.92 Å². The van der Waals surface area contributed by atoms with Crippen LogP contribution in [0.5, 0.6) is 0 Å². The predicted molar refractivity (Wildman–Crippen MR) is 88.0 cm³/mol. The van der Waals surface area contributed by atoms with Crippen LogP contribution in [0.15, 0.2) is 28.7 Å². The van der Waals surface area contributed by atoms with Gasteiger partial charge in [0.15, 0.2) is 0 Å². The van der Waals surface area contributed by atoms with Gasteiger partial charge in [-0.15, -0.1) is 0 Å². The maximum absolute atomic E-state index is 11.9. The molecule has 1 unspecified atom stereocenters. The van der Waals surface area contributed by atoms with Crippen LogP contribution in [-0.2, 0) is 9.59 Å². The monoisotopic (exact) mass is 382 g/mol. The van der Waals surface area contributed by atoms with Gasteiger partial charge in [0.1, 0.15) is 6.04 Å². The second-order valence-corrected chi connectivity index (χ2v) is 6.57. The second-order valence-electron chi connectivity index (χ2n) is 5.65. The second kappa shape index (κ2) is 8.10. The Balaban J connectivity index is 1.71. The highest BCUT2D eigenvalue weighted by atomic mass is 79.9. The van der Waals surface area contributed by atoms with Crippen molar-refractivity contribution in [2.75, 3.05) is 6.54 Å². The molecule has 1 atom stereocenters. The van der Waals surface area contributed by atoms with Crippen molar-refractivity contribution in [1.29, 1.82) is 0 Å². The molecular weight excluding hydrogens is 364 g/mol. The van der Waals surface area contributed by atoms with Gasteiger partial charge in [-0.1, -0.05) is 28.8 Å². The largest absolute Gasteiger partial charge is 0.480 e. The fourth-order valence-corrected chi connectivity index (χ4v) is 2.43. The van der Waals surface area contributed by atoms with E-state index in [1.807, 2.05) is 0 Å². The minimum Gasteiger partial charge on any atom is -0.480 e. The van der Waals surface area contributed by atoms with Gasteiger partial charge in [0.25, 0.3) is 5.91 Å². The Kier molecular flexibility index (Phi) is 6.15. The van der Waals surface area contributed by atoms with Crippen LogP contribution in [0.4, 0.5) is 0 Å². The summed E-state index contributed by atoms with van der Waals surface area (Å²) in [6.07, 6.45) is 2.59. The summed E-state index contributed by atoms with van der Waals surface area (Å²) < 4.78 is 0.879. The smallest absolute Gasteiger partial charge is 0.326 e. The van der Waals surface area contributed by atoms with E-state index in [1.165, 1.54) is 0 Å². The number of carbonyl (C=O) groups is 3. The van der Waals surface area contributed by atoms with Crippen molar-refractivity contribution in [3.63, 3.8) is 0 Å². The molecule has 0 heterocycles. The summed E-state index contributed by atoms with van der Waals surface area (Å²) in [7, 11) is 0. The van der Waals surface area contributed by atoms with Crippen LogP contribution in [0.25, 0.3) is 0 Å². The molecule has 2 amide bonds. The van der Waals surface area contributed by atoms with E-state index in [9.17, 15) is 14.4 Å². The molecule has 0 spiro atoms. The maximum Gasteiger partial charge on any atom is 0.326 e. The minimum atomic E-state index is -1.01. The quantitative estimate of drug-likeness (QED) is 0.639. The van der Waals surface area contributed by atoms with Gasteiger partial charge in [-0.25, -0.2) is 4.79 Å². The van der Waals surface area contributed by atoms with Crippen molar-refractivity contribution < 1.29 is 19.5 Å². The molecule has 124 valence electrons. The summed E-state index contributed by atoms with van der Waals surface area (Å²) >= 11 is 3.29. The number of hydrogen-bond donors (Lipinski definition) is 3. The van der Waals surface area contributed by atoms with E-state index in [0.717, 1.165) is 17.3 Å².